The van der Waals surface area contributed by atoms with Crippen LogP contribution < -0.4 is 5.32 Å². The van der Waals surface area contributed by atoms with Crippen molar-refractivity contribution in [2.24, 2.45) is 0 Å². The molecule has 1 aliphatic rings. The van der Waals surface area contributed by atoms with Gasteiger partial charge in [0, 0.05) is 19.6 Å². The maximum absolute atomic E-state index is 11.8. The molecular weight excluding hydrogens is 276 g/mol. The molecule has 1 aliphatic heterocycles. The minimum absolute atomic E-state index is 0.0829. The van der Waals surface area contributed by atoms with Crippen LogP contribution in [0.3, 0.4) is 0 Å². The monoisotopic (exact) mass is 292 g/mol. The molecule has 8 nitrogen and oxygen atoms in total. The molecule has 0 aliphatic carbocycles. The number of nitrogens with one attached hydrogen (secondary N) is 1. The average Bonchev–Trinajstić information content (AvgIpc) is 3.19. The average molecular weight is 292 g/mol. The van der Waals surface area contributed by atoms with E-state index >= 15 is 0 Å². The van der Waals surface area contributed by atoms with Gasteiger partial charge in [0.15, 0.2) is 5.82 Å². The van der Waals surface area contributed by atoms with Gasteiger partial charge in [-0.05, 0) is 19.8 Å². The normalized spacial score (nSPS) is 18.0. The molecule has 21 heavy (non-hydrogen) atoms. The second-order valence-corrected chi connectivity index (χ2v) is 4.85. The second kappa shape index (κ2) is 6.04. The Hall–Kier alpha value is -2.22. The topological polar surface area (TPSA) is 103 Å². The zero-order chi connectivity index (χ0) is 14.7. The third kappa shape index (κ3) is 3.10. The van der Waals surface area contributed by atoms with Gasteiger partial charge < -0.3 is 19.1 Å². The molecule has 0 saturated carbocycles. The fraction of sp³-hybridized carbons (Fsp3) is 0.538. The summed E-state index contributed by atoms with van der Waals surface area (Å²) in [4.78, 5) is 16.1. The van der Waals surface area contributed by atoms with E-state index in [1.807, 2.05) is 0 Å². The van der Waals surface area contributed by atoms with Gasteiger partial charge in [-0.3, -0.25) is 4.79 Å². The van der Waals surface area contributed by atoms with Gasteiger partial charge in [0.2, 0.25) is 0 Å². The third-order valence-corrected chi connectivity index (χ3v) is 3.32. The van der Waals surface area contributed by atoms with E-state index in [4.69, 9.17) is 13.8 Å². The van der Waals surface area contributed by atoms with Crippen LogP contribution in [0.2, 0.25) is 0 Å². The summed E-state index contributed by atoms with van der Waals surface area (Å²) >= 11 is 0. The minimum atomic E-state index is -0.225. The van der Waals surface area contributed by atoms with E-state index in [0.717, 1.165) is 19.4 Å². The number of carbonyl (C=O) groups is 1. The van der Waals surface area contributed by atoms with Crippen molar-refractivity contribution in [2.45, 2.75) is 32.3 Å². The quantitative estimate of drug-likeness (QED) is 0.882. The van der Waals surface area contributed by atoms with E-state index in [-0.39, 0.29) is 12.0 Å². The maximum Gasteiger partial charge on any atom is 0.256 e. The summed E-state index contributed by atoms with van der Waals surface area (Å²) < 4.78 is 15.5. The van der Waals surface area contributed by atoms with Crippen molar-refractivity contribution in [3.63, 3.8) is 0 Å². The molecule has 0 aromatic carbocycles. The van der Waals surface area contributed by atoms with Crippen molar-refractivity contribution < 1.29 is 18.6 Å². The first kappa shape index (κ1) is 13.7. The van der Waals surface area contributed by atoms with E-state index in [1.165, 1.54) is 6.20 Å². The van der Waals surface area contributed by atoms with Gasteiger partial charge in [-0.1, -0.05) is 10.3 Å². The number of hydrogen-bond donors (Lipinski definition) is 1. The van der Waals surface area contributed by atoms with Crippen LogP contribution in [0.15, 0.2) is 15.2 Å². The summed E-state index contributed by atoms with van der Waals surface area (Å²) in [6.45, 7) is 2.83. The lowest BCUT2D eigenvalue weighted by atomic mass is 10.2. The van der Waals surface area contributed by atoms with Crippen LogP contribution in [0, 0.1) is 6.92 Å². The molecule has 0 radical (unpaired) electrons. The SMILES string of the molecule is Cc1oncc1C(=O)NCCc1noc([C@H]2CCCO2)n1. The van der Waals surface area contributed by atoms with E-state index in [2.05, 4.69) is 20.6 Å². The number of hydrogen-bond acceptors (Lipinski definition) is 7. The Bertz CT molecular complexity index is 615. The summed E-state index contributed by atoms with van der Waals surface area (Å²) in [6, 6.07) is 0. The van der Waals surface area contributed by atoms with E-state index < -0.39 is 0 Å². The number of amides is 1. The van der Waals surface area contributed by atoms with Crippen molar-refractivity contribution >= 4 is 5.91 Å². The molecule has 3 rings (SSSR count). The number of aromatic nitrogens is 3. The van der Waals surface area contributed by atoms with Gasteiger partial charge >= 0.3 is 0 Å². The molecule has 3 heterocycles. The van der Waals surface area contributed by atoms with Crippen molar-refractivity contribution in [1.29, 1.82) is 0 Å². The molecule has 1 amide bonds. The smallest absolute Gasteiger partial charge is 0.256 e. The van der Waals surface area contributed by atoms with Crippen molar-refractivity contribution in [2.75, 3.05) is 13.2 Å². The molecule has 0 bridgehead atoms. The number of nitrogens with zero attached hydrogens (tertiary/aromatic N) is 3. The van der Waals surface area contributed by atoms with Crippen molar-refractivity contribution in [3.8, 4) is 0 Å². The molecule has 1 saturated heterocycles. The summed E-state index contributed by atoms with van der Waals surface area (Å²) in [5.74, 6) is 1.34. The standard InChI is InChI=1S/C13H16N4O4/c1-8-9(7-15-20-8)12(18)14-5-4-11-16-13(21-17-11)10-3-2-6-19-10/h7,10H,2-6H2,1H3,(H,14,18)/t10-/m1/s1. The largest absolute Gasteiger partial charge is 0.368 e. The predicted octanol–water partition coefficient (Wildman–Crippen LogP) is 1.19. The molecule has 0 spiro atoms. The predicted molar refractivity (Wildman–Crippen MR) is 69.5 cm³/mol. The Morgan fingerprint density at radius 3 is 3.10 bits per heavy atom. The van der Waals surface area contributed by atoms with Gasteiger partial charge in [-0.2, -0.15) is 4.98 Å². The lowest BCUT2D eigenvalue weighted by Gasteiger charge is -2.01. The third-order valence-electron chi connectivity index (χ3n) is 3.32. The Morgan fingerprint density at radius 1 is 1.48 bits per heavy atom. The number of rotatable bonds is 5. The highest BCUT2D eigenvalue weighted by atomic mass is 16.5. The summed E-state index contributed by atoms with van der Waals surface area (Å²) in [5.41, 5.74) is 0.433. The Labute approximate surface area is 120 Å². The maximum atomic E-state index is 11.8. The van der Waals surface area contributed by atoms with Gasteiger partial charge in [-0.15, -0.1) is 0 Å². The Balaban J connectivity index is 1.49. The zero-order valence-electron chi connectivity index (χ0n) is 11.7. The van der Waals surface area contributed by atoms with Crippen molar-refractivity contribution in [1.82, 2.24) is 20.6 Å². The second-order valence-electron chi connectivity index (χ2n) is 4.85. The molecule has 112 valence electrons. The minimum Gasteiger partial charge on any atom is -0.368 e. The van der Waals surface area contributed by atoms with Crippen LogP contribution in [-0.2, 0) is 11.2 Å². The molecular formula is C13H16N4O4. The highest BCUT2D eigenvalue weighted by molar-refractivity contribution is 5.94. The van der Waals surface area contributed by atoms with Crippen LogP contribution in [0.25, 0.3) is 0 Å². The fourth-order valence-electron chi connectivity index (χ4n) is 2.17. The first-order chi connectivity index (χ1) is 10.2. The molecule has 1 N–H and O–H groups in total. The molecule has 8 heteroatoms. The number of aryl methyl sites for hydroxylation is 1. The first-order valence-electron chi connectivity index (χ1n) is 6.87. The van der Waals surface area contributed by atoms with Crippen LogP contribution in [-0.4, -0.2) is 34.4 Å². The van der Waals surface area contributed by atoms with E-state index in [1.54, 1.807) is 6.92 Å². The van der Waals surface area contributed by atoms with Crippen LogP contribution in [0.4, 0.5) is 0 Å². The summed E-state index contributed by atoms with van der Waals surface area (Å²) in [5, 5.41) is 10.2. The molecule has 2 aromatic rings. The van der Waals surface area contributed by atoms with Gasteiger partial charge in [0.1, 0.15) is 17.4 Å². The van der Waals surface area contributed by atoms with Gasteiger partial charge in [-0.25, -0.2) is 0 Å². The van der Waals surface area contributed by atoms with Gasteiger partial charge in [0.25, 0.3) is 11.8 Å². The summed E-state index contributed by atoms with van der Waals surface area (Å²) in [6.07, 6.45) is 3.73. The molecule has 1 fully saturated rings. The lowest BCUT2D eigenvalue weighted by Crippen LogP contribution is -2.26. The van der Waals surface area contributed by atoms with E-state index in [9.17, 15) is 4.79 Å². The van der Waals surface area contributed by atoms with Crippen molar-refractivity contribution in [3.05, 3.63) is 29.2 Å². The first-order valence-corrected chi connectivity index (χ1v) is 6.87. The van der Waals surface area contributed by atoms with E-state index in [0.29, 0.717) is 36.0 Å². The lowest BCUT2D eigenvalue weighted by molar-refractivity contribution is 0.0835. The van der Waals surface area contributed by atoms with Crippen LogP contribution in [0.1, 0.15) is 46.8 Å². The van der Waals surface area contributed by atoms with Crippen LogP contribution in [0.5, 0.6) is 0 Å². The Kier molecular flexibility index (Phi) is 3.96. The highest BCUT2D eigenvalue weighted by Gasteiger charge is 2.23. The molecule has 2 aromatic heterocycles. The molecule has 0 unspecified atom stereocenters. The number of ether oxygens (including phenoxy) is 1. The van der Waals surface area contributed by atoms with Crippen LogP contribution >= 0.6 is 0 Å². The summed E-state index contributed by atoms with van der Waals surface area (Å²) in [7, 11) is 0. The zero-order valence-corrected chi connectivity index (χ0v) is 11.7. The van der Waals surface area contributed by atoms with Gasteiger partial charge in [0.05, 0.1) is 6.20 Å². The fourth-order valence-corrected chi connectivity index (χ4v) is 2.17. The highest BCUT2D eigenvalue weighted by Crippen LogP contribution is 2.26. The number of carbonyl (C=O) groups excluding carboxylic acids is 1. The molecule has 1 atom stereocenters. The Morgan fingerprint density at radius 2 is 2.38 bits per heavy atom.